The predicted octanol–water partition coefficient (Wildman–Crippen LogP) is -1.72. The number of likely N-dealkylation sites (N-methyl/N-ethyl adjacent to an activating group) is 1. The number of amides is 4. The predicted molar refractivity (Wildman–Crippen MR) is 127 cm³/mol. The molecule has 0 unspecified atom stereocenters. The second-order valence-corrected chi connectivity index (χ2v) is 8.43. The van der Waals surface area contributed by atoms with Crippen molar-refractivity contribution in [2.45, 2.75) is 76.4 Å². The Hall–Kier alpha value is -4.24. The molecule has 0 aromatic carbocycles. The smallest absolute Gasteiger partial charge is 0.303 e. The minimum atomic E-state index is -1.54. The Morgan fingerprint density at radius 1 is 0.500 bits per heavy atom. The number of carbonyl (C=O) groups excluding carboxylic acids is 4. The molecule has 0 aliphatic heterocycles. The largest absolute Gasteiger partial charge is 0.481 e. The molecule has 0 aliphatic carbocycles. The number of nitrogens with one attached hydrogen (secondary N) is 4. The zero-order valence-electron chi connectivity index (χ0n) is 21.0. The first-order valence-corrected chi connectivity index (χ1v) is 11.7. The second kappa shape index (κ2) is 17.3. The molecule has 0 aromatic heterocycles. The topological polar surface area (TPSA) is 266 Å². The Bertz CT molecular complexity index is 907. The van der Waals surface area contributed by atoms with Gasteiger partial charge in [0.2, 0.25) is 23.6 Å². The molecule has 0 aromatic rings. The van der Waals surface area contributed by atoms with Gasteiger partial charge in [-0.25, -0.2) is 0 Å². The average molecular weight is 547 g/mol. The minimum absolute atomic E-state index is 0.0602. The number of rotatable bonds is 19. The van der Waals surface area contributed by atoms with E-state index >= 15 is 0 Å². The zero-order valence-corrected chi connectivity index (χ0v) is 21.0. The van der Waals surface area contributed by atoms with Crippen LogP contribution in [0.2, 0.25) is 0 Å². The number of carbonyl (C=O) groups is 8. The maximum atomic E-state index is 12.9. The molecule has 214 valence electrons. The molecule has 4 amide bonds. The van der Waals surface area contributed by atoms with Crippen molar-refractivity contribution in [3.63, 3.8) is 0 Å². The van der Waals surface area contributed by atoms with E-state index in [0.717, 1.165) is 0 Å². The minimum Gasteiger partial charge on any atom is -0.481 e. The number of hydrogen-bond donors (Lipinski definition) is 8. The van der Waals surface area contributed by atoms with Crippen LogP contribution in [0.5, 0.6) is 0 Å². The standard InChI is InChI=1S/C22H34N4O12/c1-11(3-7-15(27)28)19(35)24-13(5-9-17(31)32)21(37)26-14(6-10-18(33)34)22(38)25-12(20(36)23-2)4-8-16(29)30/h11-14H,3-10H2,1-2H3,(H,23,36)(H,24,35)(H,25,38)(H,26,37)(H,27,28)(H,29,30)(H,31,32)(H,33,34)/t11-,12-,13-,14-/m1/s1. The van der Waals surface area contributed by atoms with E-state index in [0.29, 0.717) is 0 Å². The van der Waals surface area contributed by atoms with Gasteiger partial charge in [0.25, 0.3) is 0 Å². The maximum Gasteiger partial charge on any atom is 0.303 e. The number of hydrogen-bond acceptors (Lipinski definition) is 8. The molecule has 0 bridgehead atoms. The number of carboxylic acid groups (broad SMARTS) is 4. The lowest BCUT2D eigenvalue weighted by Crippen LogP contribution is -2.57. The highest BCUT2D eigenvalue weighted by atomic mass is 16.4. The van der Waals surface area contributed by atoms with Crippen molar-refractivity contribution >= 4 is 47.5 Å². The van der Waals surface area contributed by atoms with E-state index in [2.05, 4.69) is 21.3 Å². The van der Waals surface area contributed by atoms with Gasteiger partial charge < -0.3 is 41.7 Å². The van der Waals surface area contributed by atoms with Crippen molar-refractivity contribution in [1.82, 2.24) is 21.3 Å². The molecule has 0 fully saturated rings. The Morgan fingerprint density at radius 2 is 0.789 bits per heavy atom. The number of carboxylic acids is 4. The van der Waals surface area contributed by atoms with Crippen molar-refractivity contribution in [2.75, 3.05) is 7.05 Å². The zero-order chi connectivity index (χ0) is 29.4. The molecule has 0 rings (SSSR count). The molecule has 16 nitrogen and oxygen atoms in total. The Morgan fingerprint density at radius 3 is 1.11 bits per heavy atom. The summed E-state index contributed by atoms with van der Waals surface area (Å²) in [6, 6.07) is -4.32. The van der Waals surface area contributed by atoms with Gasteiger partial charge in [0, 0.05) is 38.6 Å². The fourth-order valence-electron chi connectivity index (χ4n) is 3.11. The third-order valence-corrected chi connectivity index (χ3v) is 5.32. The molecular formula is C22H34N4O12. The van der Waals surface area contributed by atoms with E-state index in [4.69, 9.17) is 20.4 Å². The lowest BCUT2D eigenvalue weighted by molar-refractivity contribution is -0.140. The molecule has 0 radical (unpaired) electrons. The lowest BCUT2D eigenvalue weighted by Gasteiger charge is -2.25. The average Bonchev–Trinajstić information content (AvgIpc) is 2.83. The van der Waals surface area contributed by atoms with Gasteiger partial charge in [0.15, 0.2) is 0 Å². The Labute approximate surface area is 217 Å². The fourth-order valence-corrected chi connectivity index (χ4v) is 3.11. The van der Waals surface area contributed by atoms with Crippen molar-refractivity contribution in [3.8, 4) is 0 Å². The van der Waals surface area contributed by atoms with E-state index in [9.17, 15) is 38.4 Å². The summed E-state index contributed by atoms with van der Waals surface area (Å²) >= 11 is 0. The van der Waals surface area contributed by atoms with Gasteiger partial charge in [-0.05, 0) is 25.7 Å². The Balaban J connectivity index is 5.71. The highest BCUT2D eigenvalue weighted by Crippen LogP contribution is 2.09. The van der Waals surface area contributed by atoms with Crippen LogP contribution in [0.25, 0.3) is 0 Å². The van der Waals surface area contributed by atoms with Gasteiger partial charge in [-0.1, -0.05) is 6.92 Å². The first-order valence-electron chi connectivity index (χ1n) is 11.7. The van der Waals surface area contributed by atoms with E-state index in [1.807, 2.05) is 0 Å². The van der Waals surface area contributed by atoms with Gasteiger partial charge in [-0.15, -0.1) is 0 Å². The van der Waals surface area contributed by atoms with Crippen LogP contribution in [-0.4, -0.2) is 93.1 Å². The lowest BCUT2D eigenvalue weighted by atomic mass is 10.0. The van der Waals surface area contributed by atoms with Crippen LogP contribution >= 0.6 is 0 Å². The summed E-state index contributed by atoms with van der Waals surface area (Å²) in [5.74, 6) is -9.32. The van der Waals surface area contributed by atoms with E-state index in [1.165, 1.54) is 14.0 Å². The van der Waals surface area contributed by atoms with E-state index in [-0.39, 0.29) is 19.3 Å². The summed E-state index contributed by atoms with van der Waals surface area (Å²) in [7, 11) is 1.25. The molecule has 0 aliphatic rings. The van der Waals surface area contributed by atoms with Crippen LogP contribution in [0, 0.1) is 5.92 Å². The molecule has 0 saturated heterocycles. The van der Waals surface area contributed by atoms with Crippen LogP contribution in [0.1, 0.15) is 58.3 Å². The summed E-state index contributed by atoms with van der Waals surface area (Å²) in [5.41, 5.74) is 0. The maximum absolute atomic E-state index is 12.9. The van der Waals surface area contributed by atoms with Crippen molar-refractivity contribution in [1.29, 1.82) is 0 Å². The molecule has 4 atom stereocenters. The molecule has 8 N–H and O–H groups in total. The van der Waals surface area contributed by atoms with Crippen LogP contribution in [0.3, 0.4) is 0 Å². The highest BCUT2D eigenvalue weighted by molar-refractivity contribution is 5.95. The molecule has 0 spiro atoms. The first kappa shape index (κ1) is 33.8. The first-order chi connectivity index (χ1) is 17.7. The highest BCUT2D eigenvalue weighted by Gasteiger charge is 2.31. The molecule has 0 heterocycles. The van der Waals surface area contributed by atoms with E-state index in [1.54, 1.807) is 0 Å². The summed E-state index contributed by atoms with van der Waals surface area (Å²) in [6.45, 7) is 1.41. The van der Waals surface area contributed by atoms with Gasteiger partial charge in [0.05, 0.1) is 0 Å². The summed E-state index contributed by atoms with van der Waals surface area (Å²) in [4.78, 5) is 94.0. The van der Waals surface area contributed by atoms with Crippen molar-refractivity contribution < 1.29 is 58.8 Å². The molecular weight excluding hydrogens is 512 g/mol. The molecule has 0 saturated carbocycles. The molecule has 38 heavy (non-hydrogen) atoms. The summed E-state index contributed by atoms with van der Waals surface area (Å²) in [5, 5.41) is 44.8. The normalized spacial score (nSPS) is 13.6. The quantitative estimate of drug-likeness (QED) is 0.0899. The summed E-state index contributed by atoms with van der Waals surface area (Å²) < 4.78 is 0. The van der Waals surface area contributed by atoms with Crippen LogP contribution in [0.4, 0.5) is 0 Å². The third kappa shape index (κ3) is 14.4. The monoisotopic (exact) mass is 546 g/mol. The van der Waals surface area contributed by atoms with Gasteiger partial charge in [-0.2, -0.15) is 0 Å². The van der Waals surface area contributed by atoms with E-state index < -0.39 is 104 Å². The third-order valence-electron chi connectivity index (χ3n) is 5.32. The van der Waals surface area contributed by atoms with Crippen LogP contribution in [-0.2, 0) is 38.4 Å². The van der Waals surface area contributed by atoms with Gasteiger partial charge in [-0.3, -0.25) is 38.4 Å². The van der Waals surface area contributed by atoms with Crippen LogP contribution in [0.15, 0.2) is 0 Å². The second-order valence-electron chi connectivity index (χ2n) is 8.43. The number of aliphatic carboxylic acids is 4. The Kier molecular flexibility index (Phi) is 15.3. The van der Waals surface area contributed by atoms with Crippen molar-refractivity contribution in [2.24, 2.45) is 5.92 Å². The summed E-state index contributed by atoms with van der Waals surface area (Å²) in [6.07, 6.45) is -3.15. The SMILES string of the molecule is CNC(=O)[C@@H](CCC(=O)O)NC(=O)[C@@H](CCC(=O)O)NC(=O)[C@@H](CCC(=O)O)NC(=O)[C@H](C)CCC(=O)O. The van der Waals surface area contributed by atoms with Crippen LogP contribution < -0.4 is 21.3 Å². The fraction of sp³-hybridized carbons (Fsp3) is 0.636. The van der Waals surface area contributed by atoms with Gasteiger partial charge >= 0.3 is 23.9 Å². The molecule has 16 heteroatoms. The van der Waals surface area contributed by atoms with Crippen molar-refractivity contribution in [3.05, 3.63) is 0 Å². The van der Waals surface area contributed by atoms with Gasteiger partial charge in [0.1, 0.15) is 18.1 Å².